The number of fused-ring (bicyclic) bond motifs is 6. The maximum atomic E-state index is 2.55. The van der Waals surface area contributed by atoms with Crippen LogP contribution in [0.4, 0.5) is 28.4 Å². The fourth-order valence-electron chi connectivity index (χ4n) is 12.0. The molecule has 334 valence electrons. The lowest BCUT2D eigenvalue weighted by atomic mass is 9.65. The van der Waals surface area contributed by atoms with Gasteiger partial charge in [-0.05, 0) is 139 Å². The minimum Gasteiger partial charge on any atom is -0.311 e. The highest BCUT2D eigenvalue weighted by Gasteiger charge is 2.47. The molecule has 3 aliphatic rings. The van der Waals surface area contributed by atoms with Crippen LogP contribution in [0.3, 0.4) is 0 Å². The molecule has 1 atom stereocenters. The van der Waals surface area contributed by atoms with Gasteiger partial charge in [-0.2, -0.15) is 0 Å². The standard InChI is InChI=1S/C68H52N2/c1-67(2)63-45-54(68(53-22-8-4-9-23-53)61-28-16-14-26-59(61)60-27-15-17-29-62(60)68)36-42-65(63)70(55-24-10-5-11-25-55)66-43-41-58(46-64(66)67)69(56-37-32-49(33-38-56)47-18-6-3-7-19-47)57-39-34-50(35-40-57)52-31-30-48-20-12-13-21-51(48)44-52/h3-32,34-46,49H,33H2,1-2H3. The number of nitrogens with zero attached hydrogens (tertiary/aromatic N) is 2. The van der Waals surface area contributed by atoms with Crippen LogP contribution >= 0.6 is 0 Å². The third-order valence-electron chi connectivity index (χ3n) is 15.4. The van der Waals surface area contributed by atoms with E-state index < -0.39 is 10.8 Å². The van der Waals surface area contributed by atoms with E-state index in [1.165, 1.54) is 89.0 Å². The number of allylic oxidation sites excluding steroid dienone is 3. The first-order valence-electron chi connectivity index (χ1n) is 24.7. The minimum absolute atomic E-state index is 0.327. The van der Waals surface area contributed by atoms with Gasteiger partial charge in [0.05, 0.1) is 16.8 Å². The predicted molar refractivity (Wildman–Crippen MR) is 293 cm³/mol. The third kappa shape index (κ3) is 6.62. The van der Waals surface area contributed by atoms with Crippen molar-refractivity contribution in [3.8, 4) is 22.3 Å². The Morgan fingerprint density at radius 2 is 1.01 bits per heavy atom. The quantitative estimate of drug-likeness (QED) is 0.150. The SMILES string of the molecule is CC1(C)c2cc(N(C3=CCC(c4ccccc4)C=C3)c3ccc(-c4ccc5ccccc5c4)cc3)ccc2N(c2ccccc2)c2ccc(C3(c4ccccc4)c4ccccc4-c4ccccc43)cc21. The summed E-state index contributed by atoms with van der Waals surface area (Å²) in [7, 11) is 0. The molecule has 0 saturated heterocycles. The first-order chi connectivity index (χ1) is 34.5. The van der Waals surface area contributed by atoms with Gasteiger partial charge in [0, 0.05) is 34.1 Å². The predicted octanol–water partition coefficient (Wildman–Crippen LogP) is 17.7. The van der Waals surface area contributed by atoms with Crippen molar-refractivity contribution in [2.24, 2.45) is 0 Å². The van der Waals surface area contributed by atoms with Crippen molar-refractivity contribution in [2.75, 3.05) is 9.80 Å². The lowest BCUT2D eigenvalue weighted by molar-refractivity contribution is 0.627. The smallest absolute Gasteiger partial charge is 0.0713 e. The van der Waals surface area contributed by atoms with Gasteiger partial charge in [-0.1, -0.05) is 214 Å². The van der Waals surface area contributed by atoms with Crippen molar-refractivity contribution in [3.05, 3.63) is 306 Å². The van der Waals surface area contributed by atoms with Crippen molar-refractivity contribution in [2.45, 2.75) is 37.0 Å². The first-order valence-corrected chi connectivity index (χ1v) is 24.7. The second-order valence-corrected chi connectivity index (χ2v) is 19.6. The molecular formula is C68H52N2. The van der Waals surface area contributed by atoms with E-state index in [0.717, 1.165) is 23.5 Å². The fraction of sp³-hybridized carbons (Fsp3) is 0.0882. The summed E-state index contributed by atoms with van der Waals surface area (Å²) in [6.07, 6.45) is 8.07. The van der Waals surface area contributed by atoms with Crippen molar-refractivity contribution in [1.82, 2.24) is 0 Å². The lowest BCUT2D eigenvalue weighted by Crippen LogP contribution is -2.33. The maximum absolute atomic E-state index is 2.55. The van der Waals surface area contributed by atoms with Gasteiger partial charge in [-0.3, -0.25) is 0 Å². The van der Waals surface area contributed by atoms with Gasteiger partial charge in [-0.15, -0.1) is 0 Å². The number of benzene rings is 10. The molecule has 0 spiro atoms. The average Bonchev–Trinajstić information content (AvgIpc) is 3.73. The Hall–Kier alpha value is -8.46. The molecule has 2 aliphatic carbocycles. The largest absolute Gasteiger partial charge is 0.311 e. The van der Waals surface area contributed by atoms with Crippen LogP contribution in [0.1, 0.15) is 65.1 Å². The van der Waals surface area contributed by atoms with Crippen molar-refractivity contribution in [3.63, 3.8) is 0 Å². The van der Waals surface area contributed by atoms with Gasteiger partial charge in [0.1, 0.15) is 0 Å². The molecular weight excluding hydrogens is 845 g/mol. The molecule has 2 nitrogen and oxygen atoms in total. The van der Waals surface area contributed by atoms with E-state index in [4.69, 9.17) is 0 Å². The van der Waals surface area contributed by atoms with E-state index in [0.29, 0.717) is 5.92 Å². The summed E-state index contributed by atoms with van der Waals surface area (Å²) in [6.45, 7) is 4.86. The van der Waals surface area contributed by atoms with Gasteiger partial charge in [0.25, 0.3) is 0 Å². The Bertz CT molecular complexity index is 3610. The van der Waals surface area contributed by atoms with Crippen LogP contribution in [0.15, 0.2) is 267 Å². The highest BCUT2D eigenvalue weighted by atomic mass is 15.2. The molecule has 0 fully saturated rings. The number of para-hydroxylation sites is 1. The fourth-order valence-corrected chi connectivity index (χ4v) is 12.0. The average molecular weight is 897 g/mol. The van der Waals surface area contributed by atoms with Crippen molar-refractivity contribution >= 4 is 39.2 Å². The zero-order valence-electron chi connectivity index (χ0n) is 39.5. The second-order valence-electron chi connectivity index (χ2n) is 19.6. The maximum Gasteiger partial charge on any atom is 0.0713 e. The van der Waals surface area contributed by atoms with E-state index in [9.17, 15) is 0 Å². The monoisotopic (exact) mass is 896 g/mol. The summed E-state index contributed by atoms with van der Waals surface area (Å²) in [5.41, 5.74) is 20.2. The van der Waals surface area contributed by atoms with Crippen LogP contribution in [0.5, 0.6) is 0 Å². The van der Waals surface area contributed by atoms with Crippen molar-refractivity contribution < 1.29 is 0 Å². The van der Waals surface area contributed by atoms with E-state index in [1.807, 2.05) is 0 Å². The Labute approximate surface area is 411 Å². The van der Waals surface area contributed by atoms with Crippen LogP contribution in [-0.2, 0) is 10.8 Å². The summed E-state index contributed by atoms with van der Waals surface area (Å²) in [5, 5.41) is 2.50. The summed E-state index contributed by atoms with van der Waals surface area (Å²) in [4.78, 5) is 4.95. The first kappa shape index (κ1) is 41.7. The van der Waals surface area contributed by atoms with Gasteiger partial charge in [-0.25, -0.2) is 0 Å². The van der Waals surface area contributed by atoms with Crippen molar-refractivity contribution in [1.29, 1.82) is 0 Å². The van der Waals surface area contributed by atoms with E-state index in [2.05, 4.69) is 285 Å². The van der Waals surface area contributed by atoms with Crippen LogP contribution in [0, 0.1) is 0 Å². The highest BCUT2D eigenvalue weighted by Crippen LogP contribution is 2.59. The Kier molecular flexibility index (Phi) is 9.92. The molecule has 0 N–H and O–H groups in total. The van der Waals surface area contributed by atoms with Crippen LogP contribution < -0.4 is 9.80 Å². The topological polar surface area (TPSA) is 6.48 Å². The molecule has 13 rings (SSSR count). The molecule has 0 amide bonds. The van der Waals surface area contributed by atoms with Crippen LogP contribution in [0.25, 0.3) is 33.0 Å². The minimum atomic E-state index is -0.507. The summed E-state index contributed by atoms with van der Waals surface area (Å²) >= 11 is 0. The summed E-state index contributed by atoms with van der Waals surface area (Å²) < 4.78 is 0. The Balaban J connectivity index is 0.979. The molecule has 2 heteroatoms. The zero-order valence-corrected chi connectivity index (χ0v) is 39.5. The van der Waals surface area contributed by atoms with E-state index in [-0.39, 0.29) is 0 Å². The molecule has 0 radical (unpaired) electrons. The van der Waals surface area contributed by atoms with Gasteiger partial charge in [0.2, 0.25) is 0 Å². The molecule has 10 aromatic carbocycles. The summed E-state index contributed by atoms with van der Waals surface area (Å²) in [5.74, 6) is 0.327. The lowest BCUT2D eigenvalue weighted by Gasteiger charge is -2.44. The highest BCUT2D eigenvalue weighted by molar-refractivity contribution is 5.91. The summed E-state index contributed by atoms with van der Waals surface area (Å²) in [6, 6.07) is 90.1. The number of hydrogen-bond acceptors (Lipinski definition) is 2. The molecule has 70 heavy (non-hydrogen) atoms. The van der Waals surface area contributed by atoms with E-state index in [1.54, 1.807) is 0 Å². The normalized spacial score (nSPS) is 15.9. The van der Waals surface area contributed by atoms with Gasteiger partial charge in [0.15, 0.2) is 0 Å². The zero-order chi connectivity index (χ0) is 46.8. The number of hydrogen-bond donors (Lipinski definition) is 0. The number of anilines is 5. The molecule has 0 saturated carbocycles. The van der Waals surface area contributed by atoms with Crippen LogP contribution in [0.2, 0.25) is 0 Å². The Morgan fingerprint density at radius 3 is 1.70 bits per heavy atom. The second kappa shape index (κ2) is 16.6. The number of rotatable bonds is 8. The molecule has 10 aromatic rings. The van der Waals surface area contributed by atoms with E-state index >= 15 is 0 Å². The Morgan fingerprint density at radius 1 is 0.443 bits per heavy atom. The molecule has 0 bridgehead atoms. The molecule has 1 unspecified atom stereocenters. The molecule has 1 aliphatic heterocycles. The molecule has 0 aromatic heterocycles. The van der Waals surface area contributed by atoms with Crippen LogP contribution in [-0.4, -0.2) is 0 Å². The molecule has 1 heterocycles. The van der Waals surface area contributed by atoms with Gasteiger partial charge < -0.3 is 9.80 Å². The van der Waals surface area contributed by atoms with Gasteiger partial charge >= 0.3 is 0 Å². The third-order valence-corrected chi connectivity index (χ3v) is 15.4.